The van der Waals surface area contributed by atoms with E-state index in [-0.39, 0.29) is 0 Å². The van der Waals surface area contributed by atoms with E-state index in [0.717, 1.165) is 0 Å². The molecule has 0 unspecified atom stereocenters. The molecular weight excluding hydrogens is 360 g/mol. The second kappa shape index (κ2) is 25.0. The molecule has 0 amide bonds. The monoisotopic (exact) mass is 418 g/mol. The van der Waals surface area contributed by atoms with Crippen LogP contribution < -0.4 is 0 Å². The van der Waals surface area contributed by atoms with Gasteiger partial charge in [-0.3, -0.25) is 0 Å². The summed E-state index contributed by atoms with van der Waals surface area (Å²) in [6.07, 6.45) is 46.0. The third-order valence-electron chi connectivity index (χ3n) is 7.16. The molecule has 0 aromatic rings. The maximum Gasteiger partial charge on any atom is -0.0351 e. The minimum atomic E-state index is 1.32. The first-order valence-corrected chi connectivity index (χ1v) is 14.6. The Kier molecular flexibility index (Phi) is 23.1. The van der Waals surface area contributed by atoms with Gasteiger partial charge >= 0.3 is 0 Å². The molecule has 0 aromatic carbocycles. The van der Waals surface area contributed by atoms with Crippen LogP contribution in [0.25, 0.3) is 0 Å². The molecule has 0 N–H and O–H groups in total. The van der Waals surface area contributed by atoms with Gasteiger partial charge in [-0.15, -0.1) is 0 Å². The number of hydrogen-bond donors (Lipinski definition) is 0. The molecule has 0 aliphatic heterocycles. The Hall–Kier alpha value is -0.260. The largest absolute Gasteiger partial charge is 0.0885 e. The third-order valence-corrected chi connectivity index (χ3v) is 7.16. The predicted octanol–water partition coefficient (Wildman–Crippen LogP) is 11.5. The Morgan fingerprint density at radius 3 is 0.467 bits per heavy atom. The van der Waals surface area contributed by atoms with Gasteiger partial charge in [-0.1, -0.05) is 166 Å². The standard InChI is InChI=1S/C30H58/c1-2-4-6-8-10-12-14-16-18-20-22-24-26-28-30-29-27-25-23-21-19-17-15-13-11-9-7-5-3-1/h1-2H,3-30H2/b2-1+. The first-order chi connectivity index (χ1) is 15.0. The van der Waals surface area contributed by atoms with Gasteiger partial charge in [-0.2, -0.15) is 0 Å². The lowest BCUT2D eigenvalue weighted by Crippen LogP contribution is -1.85. The van der Waals surface area contributed by atoms with E-state index in [1.54, 1.807) is 0 Å². The molecule has 1 aliphatic carbocycles. The maximum absolute atomic E-state index is 2.46. The Morgan fingerprint density at radius 2 is 0.300 bits per heavy atom. The van der Waals surface area contributed by atoms with Crippen molar-refractivity contribution in [2.45, 2.75) is 180 Å². The molecule has 0 radical (unpaired) electrons. The van der Waals surface area contributed by atoms with E-state index in [0.29, 0.717) is 0 Å². The SMILES string of the molecule is C1=C/CCCCCCCCCCCCCCCCCCCCCCCCCCCC/1. The fraction of sp³-hybridized carbons (Fsp3) is 0.933. The smallest absolute Gasteiger partial charge is 0.0351 e. The highest BCUT2D eigenvalue weighted by Crippen LogP contribution is 2.16. The van der Waals surface area contributed by atoms with Crippen molar-refractivity contribution in [3.8, 4) is 0 Å². The molecule has 0 bridgehead atoms. The highest BCUT2D eigenvalue weighted by Gasteiger charge is 1.96. The zero-order valence-electron chi connectivity index (χ0n) is 21.0. The topological polar surface area (TPSA) is 0 Å². The van der Waals surface area contributed by atoms with Gasteiger partial charge in [-0.05, 0) is 25.7 Å². The van der Waals surface area contributed by atoms with Gasteiger partial charge in [0.1, 0.15) is 0 Å². The summed E-state index contributed by atoms with van der Waals surface area (Å²) >= 11 is 0. The second-order valence-corrected chi connectivity index (χ2v) is 10.2. The summed E-state index contributed by atoms with van der Waals surface area (Å²) in [7, 11) is 0. The van der Waals surface area contributed by atoms with Crippen LogP contribution in [0.15, 0.2) is 12.2 Å². The van der Waals surface area contributed by atoms with Gasteiger partial charge in [0.05, 0.1) is 0 Å². The van der Waals surface area contributed by atoms with E-state index in [2.05, 4.69) is 12.2 Å². The van der Waals surface area contributed by atoms with Crippen molar-refractivity contribution in [3.63, 3.8) is 0 Å². The zero-order chi connectivity index (χ0) is 21.2. The van der Waals surface area contributed by atoms with Crippen LogP contribution in [-0.2, 0) is 0 Å². The summed E-state index contributed by atoms with van der Waals surface area (Å²) in [6.45, 7) is 0. The molecule has 0 nitrogen and oxygen atoms in total. The molecule has 1 rings (SSSR count). The van der Waals surface area contributed by atoms with Gasteiger partial charge in [0.15, 0.2) is 0 Å². The van der Waals surface area contributed by atoms with Crippen molar-refractivity contribution in [2.75, 3.05) is 0 Å². The van der Waals surface area contributed by atoms with E-state index in [4.69, 9.17) is 0 Å². The van der Waals surface area contributed by atoms with Crippen LogP contribution in [-0.4, -0.2) is 0 Å². The van der Waals surface area contributed by atoms with E-state index >= 15 is 0 Å². The lowest BCUT2D eigenvalue weighted by atomic mass is 10.0. The van der Waals surface area contributed by atoms with Crippen LogP contribution in [0, 0.1) is 0 Å². The summed E-state index contributed by atoms with van der Waals surface area (Å²) in [6, 6.07) is 0. The Morgan fingerprint density at radius 1 is 0.167 bits per heavy atom. The minimum absolute atomic E-state index is 1.32. The summed E-state index contributed by atoms with van der Waals surface area (Å²) in [5, 5.41) is 0. The van der Waals surface area contributed by atoms with E-state index in [1.807, 2.05) is 0 Å². The average Bonchev–Trinajstić information content (AvgIpc) is 2.76. The first-order valence-electron chi connectivity index (χ1n) is 14.6. The molecule has 0 atom stereocenters. The van der Waals surface area contributed by atoms with Crippen LogP contribution >= 0.6 is 0 Å². The van der Waals surface area contributed by atoms with Crippen molar-refractivity contribution < 1.29 is 0 Å². The molecule has 0 saturated heterocycles. The van der Waals surface area contributed by atoms with Gasteiger partial charge in [-0.25, -0.2) is 0 Å². The summed E-state index contributed by atoms with van der Waals surface area (Å²) < 4.78 is 0. The van der Waals surface area contributed by atoms with E-state index < -0.39 is 0 Å². The number of allylic oxidation sites excluding steroid dienone is 2. The van der Waals surface area contributed by atoms with Gasteiger partial charge < -0.3 is 0 Å². The molecule has 0 saturated carbocycles. The molecule has 0 heteroatoms. The van der Waals surface area contributed by atoms with Crippen LogP contribution in [0.2, 0.25) is 0 Å². The van der Waals surface area contributed by atoms with Crippen molar-refractivity contribution in [1.29, 1.82) is 0 Å². The number of rotatable bonds is 0. The van der Waals surface area contributed by atoms with Crippen LogP contribution in [0.1, 0.15) is 180 Å². The summed E-state index contributed by atoms with van der Waals surface area (Å²) in [5.41, 5.74) is 0. The average molecular weight is 419 g/mol. The Labute approximate surface area is 192 Å². The van der Waals surface area contributed by atoms with Crippen molar-refractivity contribution in [1.82, 2.24) is 0 Å². The lowest BCUT2D eigenvalue weighted by molar-refractivity contribution is 0.515. The second-order valence-electron chi connectivity index (χ2n) is 10.2. The van der Waals surface area contributed by atoms with E-state index in [9.17, 15) is 0 Å². The molecular formula is C30H58. The summed E-state index contributed by atoms with van der Waals surface area (Å²) in [5.74, 6) is 0. The predicted molar refractivity (Wildman–Crippen MR) is 138 cm³/mol. The Bertz CT molecular complexity index is 297. The molecule has 30 heavy (non-hydrogen) atoms. The van der Waals surface area contributed by atoms with Crippen LogP contribution in [0.3, 0.4) is 0 Å². The van der Waals surface area contributed by atoms with Crippen molar-refractivity contribution in [2.24, 2.45) is 0 Å². The molecule has 0 spiro atoms. The quantitative estimate of drug-likeness (QED) is 0.343. The highest BCUT2D eigenvalue weighted by atomic mass is 14.0. The molecule has 0 aromatic heterocycles. The summed E-state index contributed by atoms with van der Waals surface area (Å²) in [4.78, 5) is 0. The fourth-order valence-electron chi connectivity index (χ4n) is 5.00. The zero-order valence-corrected chi connectivity index (χ0v) is 21.0. The van der Waals surface area contributed by atoms with Crippen molar-refractivity contribution >= 4 is 0 Å². The van der Waals surface area contributed by atoms with Gasteiger partial charge in [0.2, 0.25) is 0 Å². The van der Waals surface area contributed by atoms with Gasteiger partial charge in [0, 0.05) is 0 Å². The van der Waals surface area contributed by atoms with Gasteiger partial charge in [0.25, 0.3) is 0 Å². The normalized spacial score (nSPS) is 24.5. The van der Waals surface area contributed by atoms with E-state index in [1.165, 1.54) is 180 Å². The highest BCUT2D eigenvalue weighted by molar-refractivity contribution is 4.81. The number of hydrogen-bond acceptors (Lipinski definition) is 0. The molecule has 0 fully saturated rings. The lowest BCUT2D eigenvalue weighted by Gasteiger charge is -2.04. The molecule has 0 heterocycles. The Balaban J connectivity index is 2.04. The van der Waals surface area contributed by atoms with Crippen LogP contribution in [0.5, 0.6) is 0 Å². The third kappa shape index (κ3) is 22.4. The molecule has 178 valence electrons. The fourth-order valence-corrected chi connectivity index (χ4v) is 5.00. The first kappa shape index (κ1) is 27.8. The maximum atomic E-state index is 2.46. The molecule has 1 aliphatic rings. The van der Waals surface area contributed by atoms with Crippen LogP contribution in [0.4, 0.5) is 0 Å². The van der Waals surface area contributed by atoms with Crippen molar-refractivity contribution in [3.05, 3.63) is 12.2 Å². The minimum Gasteiger partial charge on any atom is -0.0885 e.